The lowest BCUT2D eigenvalue weighted by Crippen LogP contribution is -2.39. The predicted octanol–water partition coefficient (Wildman–Crippen LogP) is 0.852. The molecule has 4 heteroatoms. The highest BCUT2D eigenvalue weighted by atomic mass is 32.2. The summed E-state index contributed by atoms with van der Waals surface area (Å²) in [6, 6.07) is 0.229. The Morgan fingerprint density at radius 1 is 1.38 bits per heavy atom. The van der Waals surface area contributed by atoms with Crippen molar-refractivity contribution in [1.82, 2.24) is 10.6 Å². The van der Waals surface area contributed by atoms with Crippen molar-refractivity contribution in [1.29, 1.82) is 0 Å². The summed E-state index contributed by atoms with van der Waals surface area (Å²) in [5.74, 6) is 0.0725. The van der Waals surface area contributed by atoms with Crippen LogP contribution in [0.3, 0.4) is 0 Å². The molecule has 1 unspecified atom stereocenters. The van der Waals surface area contributed by atoms with Gasteiger partial charge in [0, 0.05) is 17.8 Å². The fourth-order valence-electron chi connectivity index (χ4n) is 0.845. The monoisotopic (exact) mass is 204 g/mol. The van der Waals surface area contributed by atoms with Gasteiger partial charge in [-0.15, -0.1) is 0 Å². The zero-order chi connectivity index (χ0) is 10.3. The maximum atomic E-state index is 11.1. The lowest BCUT2D eigenvalue weighted by molar-refractivity contribution is -0.120. The summed E-state index contributed by atoms with van der Waals surface area (Å²) in [7, 11) is 0. The molecule has 0 saturated carbocycles. The molecule has 2 N–H and O–H groups in total. The summed E-state index contributed by atoms with van der Waals surface area (Å²) in [5.41, 5.74) is 0. The molecule has 78 valence electrons. The van der Waals surface area contributed by atoms with Gasteiger partial charge in [-0.25, -0.2) is 0 Å². The maximum Gasteiger partial charge on any atom is 0.234 e. The van der Waals surface area contributed by atoms with Crippen molar-refractivity contribution in [2.75, 3.05) is 19.3 Å². The van der Waals surface area contributed by atoms with Crippen molar-refractivity contribution in [2.24, 2.45) is 0 Å². The van der Waals surface area contributed by atoms with Crippen molar-refractivity contribution >= 4 is 17.7 Å². The molecule has 0 bridgehead atoms. The van der Waals surface area contributed by atoms with E-state index in [4.69, 9.17) is 0 Å². The molecule has 0 saturated heterocycles. The largest absolute Gasteiger partial charge is 0.353 e. The molecule has 1 atom stereocenters. The molecule has 0 aliphatic heterocycles. The standard InChI is InChI=1S/C9H20N2OS/c1-7(2)11-9(12)6-10-5-8(3)13-4/h7-8,10H,5-6H2,1-4H3,(H,11,12). The second-order valence-electron chi connectivity index (χ2n) is 3.40. The van der Waals surface area contributed by atoms with Gasteiger partial charge in [0.2, 0.25) is 5.91 Å². The lowest BCUT2D eigenvalue weighted by Gasteiger charge is -2.11. The van der Waals surface area contributed by atoms with Crippen LogP contribution in [0.5, 0.6) is 0 Å². The molecule has 0 radical (unpaired) electrons. The average Bonchev–Trinajstić information content (AvgIpc) is 2.02. The summed E-state index contributed by atoms with van der Waals surface area (Å²) < 4.78 is 0. The fraction of sp³-hybridized carbons (Fsp3) is 0.889. The highest BCUT2D eigenvalue weighted by molar-refractivity contribution is 7.99. The predicted molar refractivity (Wildman–Crippen MR) is 59.1 cm³/mol. The SMILES string of the molecule is CSC(C)CNCC(=O)NC(C)C. The Balaban J connectivity index is 3.37. The molecule has 0 fully saturated rings. The van der Waals surface area contributed by atoms with E-state index in [1.54, 1.807) is 11.8 Å². The Labute approximate surface area is 85.0 Å². The van der Waals surface area contributed by atoms with Crippen molar-refractivity contribution in [3.63, 3.8) is 0 Å². The van der Waals surface area contributed by atoms with E-state index in [-0.39, 0.29) is 11.9 Å². The molecule has 0 aromatic carbocycles. The highest BCUT2D eigenvalue weighted by Gasteiger charge is 2.03. The molecule has 0 aliphatic rings. The van der Waals surface area contributed by atoms with Gasteiger partial charge in [0.15, 0.2) is 0 Å². The van der Waals surface area contributed by atoms with E-state index in [0.717, 1.165) is 6.54 Å². The quantitative estimate of drug-likeness (QED) is 0.674. The second-order valence-corrected chi connectivity index (χ2v) is 4.68. The Kier molecular flexibility index (Phi) is 7.09. The van der Waals surface area contributed by atoms with Crippen LogP contribution in [0.2, 0.25) is 0 Å². The van der Waals surface area contributed by atoms with E-state index in [1.807, 2.05) is 13.8 Å². The summed E-state index contributed by atoms with van der Waals surface area (Å²) in [6.07, 6.45) is 2.07. The zero-order valence-electron chi connectivity index (χ0n) is 8.89. The van der Waals surface area contributed by atoms with E-state index in [9.17, 15) is 4.79 Å². The first kappa shape index (κ1) is 12.8. The minimum atomic E-state index is 0.0725. The van der Waals surface area contributed by atoms with Gasteiger partial charge >= 0.3 is 0 Å². The van der Waals surface area contributed by atoms with Gasteiger partial charge in [-0.05, 0) is 20.1 Å². The maximum absolute atomic E-state index is 11.1. The number of thioether (sulfide) groups is 1. The van der Waals surface area contributed by atoms with Crippen LogP contribution < -0.4 is 10.6 Å². The van der Waals surface area contributed by atoms with Gasteiger partial charge in [-0.2, -0.15) is 11.8 Å². The van der Waals surface area contributed by atoms with Gasteiger partial charge < -0.3 is 10.6 Å². The Morgan fingerprint density at radius 2 is 2.00 bits per heavy atom. The van der Waals surface area contributed by atoms with Crippen LogP contribution in [0, 0.1) is 0 Å². The molecule has 13 heavy (non-hydrogen) atoms. The van der Waals surface area contributed by atoms with Crippen molar-refractivity contribution in [3.05, 3.63) is 0 Å². The van der Waals surface area contributed by atoms with Crippen LogP contribution in [-0.4, -0.2) is 36.5 Å². The first-order valence-electron chi connectivity index (χ1n) is 4.59. The van der Waals surface area contributed by atoms with E-state index < -0.39 is 0 Å². The minimum Gasteiger partial charge on any atom is -0.353 e. The number of carbonyl (C=O) groups is 1. The van der Waals surface area contributed by atoms with Gasteiger partial charge in [0.1, 0.15) is 0 Å². The summed E-state index contributed by atoms with van der Waals surface area (Å²) in [4.78, 5) is 11.1. The van der Waals surface area contributed by atoms with Crippen LogP contribution in [0.25, 0.3) is 0 Å². The molecule has 0 spiro atoms. The molecule has 0 aliphatic carbocycles. The molecule has 1 amide bonds. The van der Waals surface area contributed by atoms with E-state index in [1.165, 1.54) is 0 Å². The number of amides is 1. The smallest absolute Gasteiger partial charge is 0.234 e. The second kappa shape index (κ2) is 7.21. The molecule has 0 heterocycles. The number of carbonyl (C=O) groups excluding carboxylic acids is 1. The third-order valence-electron chi connectivity index (χ3n) is 1.57. The van der Waals surface area contributed by atoms with Crippen molar-refractivity contribution in [3.8, 4) is 0 Å². The number of hydrogen-bond donors (Lipinski definition) is 2. The molecular weight excluding hydrogens is 184 g/mol. The Morgan fingerprint density at radius 3 is 2.46 bits per heavy atom. The molecule has 0 aromatic heterocycles. The van der Waals surface area contributed by atoms with Crippen LogP contribution in [-0.2, 0) is 4.79 Å². The Bertz CT molecular complexity index is 151. The third kappa shape index (κ3) is 8.12. The minimum absolute atomic E-state index is 0.0725. The van der Waals surface area contributed by atoms with Gasteiger partial charge in [0.05, 0.1) is 6.54 Å². The molecule has 0 aromatic rings. The van der Waals surface area contributed by atoms with E-state index in [2.05, 4.69) is 23.8 Å². The van der Waals surface area contributed by atoms with Crippen LogP contribution in [0.1, 0.15) is 20.8 Å². The van der Waals surface area contributed by atoms with Crippen LogP contribution in [0.15, 0.2) is 0 Å². The van der Waals surface area contributed by atoms with Crippen LogP contribution in [0.4, 0.5) is 0 Å². The number of nitrogens with one attached hydrogen (secondary N) is 2. The average molecular weight is 204 g/mol. The summed E-state index contributed by atoms with van der Waals surface area (Å²) >= 11 is 1.80. The summed E-state index contributed by atoms with van der Waals surface area (Å²) in [6.45, 7) is 7.36. The number of hydrogen-bond acceptors (Lipinski definition) is 3. The van der Waals surface area contributed by atoms with Crippen LogP contribution >= 0.6 is 11.8 Å². The highest BCUT2D eigenvalue weighted by Crippen LogP contribution is 2.01. The Hall–Kier alpha value is -0.220. The molecule has 3 nitrogen and oxygen atoms in total. The first-order chi connectivity index (χ1) is 6.06. The van der Waals surface area contributed by atoms with Crippen molar-refractivity contribution < 1.29 is 4.79 Å². The molecular formula is C9H20N2OS. The first-order valence-corrected chi connectivity index (χ1v) is 5.88. The zero-order valence-corrected chi connectivity index (χ0v) is 9.70. The number of rotatable bonds is 6. The van der Waals surface area contributed by atoms with E-state index >= 15 is 0 Å². The summed E-state index contributed by atoms with van der Waals surface area (Å²) in [5, 5.41) is 6.50. The normalized spacial score (nSPS) is 13.0. The van der Waals surface area contributed by atoms with Crippen molar-refractivity contribution in [2.45, 2.75) is 32.1 Å². The lowest BCUT2D eigenvalue weighted by atomic mass is 10.4. The third-order valence-corrected chi connectivity index (χ3v) is 2.54. The van der Waals surface area contributed by atoms with E-state index in [0.29, 0.717) is 11.8 Å². The van der Waals surface area contributed by atoms with Gasteiger partial charge in [-0.1, -0.05) is 6.92 Å². The topological polar surface area (TPSA) is 41.1 Å². The van der Waals surface area contributed by atoms with Gasteiger partial charge in [-0.3, -0.25) is 4.79 Å². The van der Waals surface area contributed by atoms with Gasteiger partial charge in [0.25, 0.3) is 0 Å². The fourth-order valence-corrected chi connectivity index (χ4v) is 1.13. The molecule has 0 rings (SSSR count).